The van der Waals surface area contributed by atoms with E-state index in [-0.39, 0.29) is 0 Å². The molecule has 3 rings (SSSR count). The smallest absolute Gasteiger partial charge is 0.247 e. The molecule has 0 bridgehead atoms. The lowest BCUT2D eigenvalue weighted by Crippen LogP contribution is -2.40. The molecule has 1 atom stereocenters. The molecule has 140 valence electrons. The van der Waals surface area contributed by atoms with Gasteiger partial charge in [0, 0.05) is 19.1 Å². The van der Waals surface area contributed by atoms with Gasteiger partial charge in [0.1, 0.15) is 0 Å². The summed E-state index contributed by atoms with van der Waals surface area (Å²) in [5.41, 5.74) is 1.08. The molecular formula is C19H27N5O2. The van der Waals surface area contributed by atoms with Crippen molar-refractivity contribution in [2.45, 2.75) is 45.2 Å². The van der Waals surface area contributed by atoms with Gasteiger partial charge in [-0.3, -0.25) is 0 Å². The number of methoxy groups -OCH3 is 2. The number of ether oxygens (including phenoxy) is 2. The minimum absolute atomic E-state index is 0.506. The highest BCUT2D eigenvalue weighted by Crippen LogP contribution is 2.28. The number of nitrogens with zero attached hydrogens (tertiary/aromatic N) is 4. The van der Waals surface area contributed by atoms with Crippen LogP contribution in [-0.2, 0) is 6.54 Å². The first kappa shape index (κ1) is 18.2. The Kier molecular flexibility index (Phi) is 6.09. The minimum atomic E-state index is 0.506. The van der Waals surface area contributed by atoms with Crippen LogP contribution in [0.1, 0.15) is 38.2 Å². The van der Waals surface area contributed by atoms with Gasteiger partial charge < -0.3 is 19.7 Å². The van der Waals surface area contributed by atoms with Gasteiger partial charge in [-0.1, -0.05) is 13.0 Å². The van der Waals surface area contributed by atoms with Crippen molar-refractivity contribution in [2.75, 3.05) is 31.0 Å². The summed E-state index contributed by atoms with van der Waals surface area (Å²) in [5.74, 6) is 2.88. The van der Waals surface area contributed by atoms with E-state index in [0.29, 0.717) is 24.3 Å². The quantitative estimate of drug-likeness (QED) is 0.815. The maximum atomic E-state index is 5.35. The Hall–Kier alpha value is -2.57. The van der Waals surface area contributed by atoms with Gasteiger partial charge in [0.05, 0.1) is 20.4 Å². The number of hydrogen-bond acceptors (Lipinski definition) is 7. The molecule has 0 saturated carbocycles. The van der Waals surface area contributed by atoms with Gasteiger partial charge in [-0.05, 0) is 43.4 Å². The molecule has 7 heteroatoms. The normalized spacial score (nSPS) is 17.0. The summed E-state index contributed by atoms with van der Waals surface area (Å²) < 4.78 is 10.6. The summed E-state index contributed by atoms with van der Waals surface area (Å²) in [7, 11) is 3.27. The van der Waals surface area contributed by atoms with Crippen LogP contribution in [0.25, 0.3) is 0 Å². The van der Waals surface area contributed by atoms with Crippen LogP contribution in [0, 0.1) is 0 Å². The average Bonchev–Trinajstić information content (AvgIpc) is 2.72. The van der Waals surface area contributed by atoms with E-state index < -0.39 is 0 Å². The van der Waals surface area contributed by atoms with Crippen LogP contribution in [0.4, 0.5) is 11.8 Å². The Balaban J connectivity index is 1.69. The minimum Gasteiger partial charge on any atom is -0.493 e. The molecule has 1 aliphatic rings. The topological polar surface area (TPSA) is 72.4 Å². The van der Waals surface area contributed by atoms with Crippen molar-refractivity contribution < 1.29 is 9.47 Å². The van der Waals surface area contributed by atoms with Crippen molar-refractivity contribution in [1.82, 2.24) is 15.2 Å². The third-order valence-electron chi connectivity index (χ3n) is 4.82. The second-order valence-electron chi connectivity index (χ2n) is 6.44. The van der Waals surface area contributed by atoms with Crippen LogP contribution in [0.2, 0.25) is 0 Å². The summed E-state index contributed by atoms with van der Waals surface area (Å²) in [6, 6.07) is 6.37. The number of nitrogens with one attached hydrogen (secondary N) is 1. The zero-order valence-corrected chi connectivity index (χ0v) is 15.7. The first-order chi connectivity index (χ1) is 12.7. The fourth-order valence-electron chi connectivity index (χ4n) is 3.37. The van der Waals surface area contributed by atoms with Crippen molar-refractivity contribution in [1.29, 1.82) is 0 Å². The van der Waals surface area contributed by atoms with E-state index in [1.807, 2.05) is 18.2 Å². The molecule has 0 radical (unpaired) electrons. The molecule has 1 aromatic carbocycles. The Morgan fingerprint density at radius 1 is 1.19 bits per heavy atom. The summed E-state index contributed by atoms with van der Waals surface area (Å²) in [5, 5.41) is 11.7. The largest absolute Gasteiger partial charge is 0.493 e. The van der Waals surface area contributed by atoms with Gasteiger partial charge in [0.25, 0.3) is 0 Å². The lowest BCUT2D eigenvalue weighted by Gasteiger charge is -2.34. The van der Waals surface area contributed by atoms with Crippen LogP contribution in [0.3, 0.4) is 0 Å². The number of piperidine rings is 1. The van der Waals surface area contributed by atoms with Crippen molar-refractivity contribution in [2.24, 2.45) is 0 Å². The third-order valence-corrected chi connectivity index (χ3v) is 4.82. The van der Waals surface area contributed by atoms with Gasteiger partial charge in [-0.15, -0.1) is 5.10 Å². The van der Waals surface area contributed by atoms with Crippen molar-refractivity contribution in [3.63, 3.8) is 0 Å². The molecule has 1 aromatic heterocycles. The second-order valence-corrected chi connectivity index (χ2v) is 6.44. The van der Waals surface area contributed by atoms with E-state index in [1.54, 1.807) is 20.4 Å². The summed E-state index contributed by atoms with van der Waals surface area (Å²) in [6.07, 6.45) is 6.42. The molecule has 1 unspecified atom stereocenters. The van der Waals surface area contributed by atoms with Crippen LogP contribution < -0.4 is 19.7 Å². The molecule has 1 saturated heterocycles. The van der Waals surface area contributed by atoms with Crippen LogP contribution in [0.5, 0.6) is 11.5 Å². The molecule has 26 heavy (non-hydrogen) atoms. The zero-order valence-electron chi connectivity index (χ0n) is 15.7. The Labute approximate surface area is 154 Å². The molecule has 2 aromatic rings. The number of anilines is 2. The fraction of sp³-hybridized carbons (Fsp3) is 0.526. The van der Waals surface area contributed by atoms with Gasteiger partial charge in [-0.25, -0.2) is 0 Å². The molecule has 1 aliphatic heterocycles. The standard InChI is InChI=1S/C19H27N5O2/c1-4-15-7-5-6-10-24(15)19-22-18(13-21-23-19)20-12-14-8-9-16(25-2)17(11-14)26-3/h8-9,11,13,15H,4-7,10,12H2,1-3H3,(H,20,22,23). The van der Waals surface area contributed by atoms with Gasteiger partial charge >= 0.3 is 0 Å². The van der Waals surface area contributed by atoms with E-state index in [4.69, 9.17) is 9.47 Å². The molecule has 0 aliphatic carbocycles. The van der Waals surface area contributed by atoms with Crippen molar-refractivity contribution >= 4 is 11.8 Å². The van der Waals surface area contributed by atoms with Gasteiger partial charge in [-0.2, -0.15) is 10.1 Å². The first-order valence-corrected chi connectivity index (χ1v) is 9.16. The lowest BCUT2D eigenvalue weighted by molar-refractivity contribution is 0.354. The predicted molar refractivity (Wildman–Crippen MR) is 102 cm³/mol. The molecule has 7 nitrogen and oxygen atoms in total. The highest BCUT2D eigenvalue weighted by atomic mass is 16.5. The van der Waals surface area contributed by atoms with Gasteiger partial charge in [0.2, 0.25) is 5.95 Å². The summed E-state index contributed by atoms with van der Waals surface area (Å²) in [4.78, 5) is 6.96. The lowest BCUT2D eigenvalue weighted by atomic mass is 10.0. The van der Waals surface area contributed by atoms with Crippen LogP contribution in [0.15, 0.2) is 24.4 Å². The number of aromatic nitrogens is 3. The van der Waals surface area contributed by atoms with Crippen molar-refractivity contribution in [3.8, 4) is 11.5 Å². The van der Waals surface area contributed by atoms with E-state index in [9.17, 15) is 0 Å². The Bertz CT molecular complexity index is 725. The molecule has 1 fully saturated rings. The fourth-order valence-corrected chi connectivity index (χ4v) is 3.37. The maximum absolute atomic E-state index is 5.35. The van der Waals surface area contributed by atoms with Crippen LogP contribution in [-0.4, -0.2) is 42.0 Å². The Morgan fingerprint density at radius 2 is 2.04 bits per heavy atom. The molecule has 0 amide bonds. The highest BCUT2D eigenvalue weighted by molar-refractivity contribution is 5.45. The molecular weight excluding hydrogens is 330 g/mol. The summed E-state index contributed by atoms with van der Waals surface area (Å²) >= 11 is 0. The third kappa shape index (κ3) is 4.15. The average molecular weight is 357 g/mol. The predicted octanol–water partition coefficient (Wildman–Crippen LogP) is 3.27. The Morgan fingerprint density at radius 3 is 2.81 bits per heavy atom. The van der Waals surface area contributed by atoms with E-state index in [2.05, 4.69) is 32.3 Å². The number of hydrogen-bond donors (Lipinski definition) is 1. The maximum Gasteiger partial charge on any atom is 0.247 e. The molecule has 0 spiro atoms. The van der Waals surface area contributed by atoms with E-state index in [0.717, 1.165) is 30.1 Å². The zero-order chi connectivity index (χ0) is 18.4. The molecule has 2 heterocycles. The monoisotopic (exact) mass is 357 g/mol. The number of benzene rings is 1. The van der Waals surface area contributed by atoms with Gasteiger partial charge in [0.15, 0.2) is 17.3 Å². The first-order valence-electron chi connectivity index (χ1n) is 9.16. The second kappa shape index (κ2) is 8.69. The van der Waals surface area contributed by atoms with Crippen molar-refractivity contribution in [3.05, 3.63) is 30.0 Å². The highest BCUT2D eigenvalue weighted by Gasteiger charge is 2.23. The van der Waals surface area contributed by atoms with Crippen LogP contribution >= 0.6 is 0 Å². The summed E-state index contributed by atoms with van der Waals surface area (Å²) in [6.45, 7) is 3.84. The van der Waals surface area contributed by atoms with E-state index in [1.165, 1.54) is 19.3 Å². The number of rotatable bonds is 7. The van der Waals surface area contributed by atoms with E-state index >= 15 is 0 Å². The molecule has 1 N–H and O–H groups in total. The SMILES string of the molecule is CCC1CCCCN1c1nncc(NCc2ccc(OC)c(OC)c2)n1.